The van der Waals surface area contributed by atoms with Gasteiger partial charge in [-0.15, -0.1) is 0 Å². The molecule has 3 nitrogen and oxygen atoms in total. The number of aliphatic carboxylic acids is 1. The number of nitriles is 1. The van der Waals surface area contributed by atoms with Crippen LogP contribution in [0.25, 0.3) is 0 Å². The lowest BCUT2D eigenvalue weighted by Gasteiger charge is -2.02. The Bertz CT molecular complexity index is 160. The second-order valence-corrected chi connectivity index (χ2v) is 2.57. The van der Waals surface area contributed by atoms with Crippen molar-refractivity contribution in [2.24, 2.45) is 5.92 Å². The Morgan fingerprint density at radius 2 is 2.36 bits per heavy atom. The van der Waals surface area contributed by atoms with Crippen LogP contribution < -0.4 is 0 Å². The molecule has 0 aliphatic rings. The highest BCUT2D eigenvalue weighted by Crippen LogP contribution is 2.10. The first-order valence-electron chi connectivity index (χ1n) is 3.82. The van der Waals surface area contributed by atoms with Crippen LogP contribution >= 0.6 is 0 Å². The van der Waals surface area contributed by atoms with Crippen molar-refractivity contribution in [1.82, 2.24) is 0 Å². The van der Waals surface area contributed by atoms with Crippen LogP contribution in [0, 0.1) is 17.2 Å². The monoisotopic (exact) mass is 155 g/mol. The third-order valence-electron chi connectivity index (χ3n) is 1.51. The molecule has 1 unspecified atom stereocenters. The van der Waals surface area contributed by atoms with Crippen molar-refractivity contribution in [3.63, 3.8) is 0 Å². The number of hydrogen-bond acceptors (Lipinski definition) is 2. The zero-order chi connectivity index (χ0) is 8.69. The van der Waals surface area contributed by atoms with E-state index >= 15 is 0 Å². The Morgan fingerprint density at radius 3 is 2.73 bits per heavy atom. The van der Waals surface area contributed by atoms with E-state index in [0.29, 0.717) is 6.42 Å². The molecule has 0 aromatic carbocycles. The molecule has 0 aliphatic carbocycles. The zero-order valence-corrected chi connectivity index (χ0v) is 6.71. The molecule has 1 atom stereocenters. The average Bonchev–Trinajstić information content (AvgIpc) is 1.97. The lowest BCUT2D eigenvalue weighted by molar-refractivity contribution is -0.137. The Kier molecular flexibility index (Phi) is 5.18. The molecule has 0 bridgehead atoms. The highest BCUT2D eigenvalue weighted by atomic mass is 16.4. The maximum absolute atomic E-state index is 10.2. The van der Waals surface area contributed by atoms with E-state index in [1.54, 1.807) is 0 Å². The molecule has 62 valence electrons. The zero-order valence-electron chi connectivity index (χ0n) is 6.71. The minimum atomic E-state index is -0.882. The van der Waals surface area contributed by atoms with Crippen molar-refractivity contribution in [2.45, 2.75) is 32.6 Å². The Labute approximate surface area is 66.6 Å². The number of carboxylic acid groups (broad SMARTS) is 1. The molecule has 0 saturated carbocycles. The highest BCUT2D eigenvalue weighted by molar-refractivity contribution is 5.67. The number of nitrogens with zero attached hydrogens (tertiary/aromatic N) is 1. The summed E-state index contributed by atoms with van der Waals surface area (Å²) in [5.41, 5.74) is 0. The third-order valence-corrected chi connectivity index (χ3v) is 1.51. The predicted octanol–water partition coefficient (Wildman–Crippen LogP) is 1.79. The fourth-order valence-corrected chi connectivity index (χ4v) is 0.874. The van der Waals surface area contributed by atoms with Gasteiger partial charge >= 0.3 is 5.97 Å². The SMILES string of the molecule is CCCCC(C#N)CC(=O)O. The van der Waals surface area contributed by atoms with Crippen LogP contribution in [-0.2, 0) is 4.79 Å². The van der Waals surface area contributed by atoms with E-state index in [-0.39, 0.29) is 12.3 Å². The normalized spacial score (nSPS) is 12.0. The summed E-state index contributed by atoms with van der Waals surface area (Å²) in [5, 5.41) is 16.9. The molecule has 0 aliphatic heterocycles. The van der Waals surface area contributed by atoms with Gasteiger partial charge in [-0.05, 0) is 6.42 Å². The van der Waals surface area contributed by atoms with Gasteiger partial charge in [0.1, 0.15) is 0 Å². The van der Waals surface area contributed by atoms with Crippen LogP contribution in [0.4, 0.5) is 0 Å². The van der Waals surface area contributed by atoms with E-state index in [0.717, 1.165) is 12.8 Å². The van der Waals surface area contributed by atoms with Gasteiger partial charge in [-0.3, -0.25) is 4.79 Å². The summed E-state index contributed by atoms with van der Waals surface area (Å²) in [6, 6.07) is 1.99. The summed E-state index contributed by atoms with van der Waals surface area (Å²) in [5.74, 6) is -1.18. The quantitative estimate of drug-likeness (QED) is 0.658. The fraction of sp³-hybridized carbons (Fsp3) is 0.750. The first-order chi connectivity index (χ1) is 5.20. The van der Waals surface area contributed by atoms with Crippen LogP contribution in [0.15, 0.2) is 0 Å². The standard InChI is InChI=1S/C8H13NO2/c1-2-3-4-7(6-9)5-8(10)11/h7H,2-5H2,1H3,(H,10,11). The van der Waals surface area contributed by atoms with Crippen molar-refractivity contribution in [1.29, 1.82) is 5.26 Å². The van der Waals surface area contributed by atoms with Gasteiger partial charge in [-0.1, -0.05) is 19.8 Å². The number of unbranched alkanes of at least 4 members (excludes halogenated alkanes) is 1. The summed E-state index contributed by atoms with van der Waals surface area (Å²) < 4.78 is 0. The molecule has 0 aromatic heterocycles. The number of carbonyl (C=O) groups is 1. The minimum Gasteiger partial charge on any atom is -0.481 e. The topological polar surface area (TPSA) is 61.1 Å². The van der Waals surface area contributed by atoms with E-state index in [1.165, 1.54) is 0 Å². The molecule has 0 radical (unpaired) electrons. The second kappa shape index (κ2) is 5.72. The lowest BCUT2D eigenvalue weighted by Crippen LogP contribution is -2.05. The summed E-state index contributed by atoms with van der Waals surface area (Å²) in [7, 11) is 0. The molecule has 0 amide bonds. The van der Waals surface area contributed by atoms with E-state index in [4.69, 9.17) is 10.4 Å². The Hall–Kier alpha value is -1.04. The van der Waals surface area contributed by atoms with Gasteiger partial charge in [0, 0.05) is 0 Å². The number of hydrogen-bond donors (Lipinski definition) is 1. The highest BCUT2D eigenvalue weighted by Gasteiger charge is 2.10. The third kappa shape index (κ3) is 5.41. The van der Waals surface area contributed by atoms with E-state index in [1.807, 2.05) is 13.0 Å². The second-order valence-electron chi connectivity index (χ2n) is 2.57. The molecular weight excluding hydrogens is 142 g/mol. The number of carboxylic acids is 1. The van der Waals surface area contributed by atoms with Crippen LogP contribution in [0.1, 0.15) is 32.6 Å². The van der Waals surface area contributed by atoms with Gasteiger partial charge in [0.2, 0.25) is 0 Å². The maximum atomic E-state index is 10.2. The van der Waals surface area contributed by atoms with Crippen LogP contribution in [-0.4, -0.2) is 11.1 Å². The number of rotatable bonds is 5. The van der Waals surface area contributed by atoms with Gasteiger partial charge in [-0.2, -0.15) is 5.26 Å². The predicted molar refractivity (Wildman–Crippen MR) is 40.9 cm³/mol. The Balaban J connectivity index is 3.60. The average molecular weight is 155 g/mol. The smallest absolute Gasteiger partial charge is 0.304 e. The van der Waals surface area contributed by atoms with Gasteiger partial charge < -0.3 is 5.11 Å². The molecule has 0 rings (SSSR count). The van der Waals surface area contributed by atoms with Crippen molar-refractivity contribution in [2.75, 3.05) is 0 Å². The largest absolute Gasteiger partial charge is 0.481 e. The van der Waals surface area contributed by atoms with Crippen molar-refractivity contribution < 1.29 is 9.90 Å². The first-order valence-corrected chi connectivity index (χ1v) is 3.82. The Morgan fingerprint density at radius 1 is 1.73 bits per heavy atom. The molecule has 0 spiro atoms. The van der Waals surface area contributed by atoms with E-state index in [9.17, 15) is 4.79 Å². The summed E-state index contributed by atoms with van der Waals surface area (Å²) in [4.78, 5) is 10.2. The van der Waals surface area contributed by atoms with Crippen molar-refractivity contribution in [3.05, 3.63) is 0 Å². The summed E-state index contributed by atoms with van der Waals surface area (Å²) in [6.45, 7) is 2.02. The summed E-state index contributed by atoms with van der Waals surface area (Å²) in [6.07, 6.45) is 2.64. The molecule has 0 fully saturated rings. The fourth-order valence-electron chi connectivity index (χ4n) is 0.874. The minimum absolute atomic E-state index is 0.0174. The maximum Gasteiger partial charge on any atom is 0.304 e. The molecule has 1 N–H and O–H groups in total. The van der Waals surface area contributed by atoms with E-state index < -0.39 is 5.97 Å². The first kappa shape index (κ1) is 9.96. The molecule has 0 aromatic rings. The summed E-state index contributed by atoms with van der Waals surface area (Å²) >= 11 is 0. The molecule has 3 heteroatoms. The van der Waals surface area contributed by atoms with Crippen molar-refractivity contribution in [3.8, 4) is 6.07 Å². The van der Waals surface area contributed by atoms with Crippen LogP contribution in [0.2, 0.25) is 0 Å². The van der Waals surface area contributed by atoms with Gasteiger partial charge in [0.05, 0.1) is 18.4 Å². The molecule has 0 heterocycles. The van der Waals surface area contributed by atoms with Crippen LogP contribution in [0.5, 0.6) is 0 Å². The molecular formula is C8H13NO2. The van der Waals surface area contributed by atoms with Crippen molar-refractivity contribution >= 4 is 5.97 Å². The van der Waals surface area contributed by atoms with E-state index in [2.05, 4.69) is 0 Å². The molecule has 11 heavy (non-hydrogen) atoms. The molecule has 0 saturated heterocycles. The van der Waals surface area contributed by atoms with Crippen LogP contribution in [0.3, 0.4) is 0 Å². The van der Waals surface area contributed by atoms with Gasteiger partial charge in [-0.25, -0.2) is 0 Å². The lowest BCUT2D eigenvalue weighted by atomic mass is 10.0. The van der Waals surface area contributed by atoms with Gasteiger partial charge in [0.25, 0.3) is 0 Å². The van der Waals surface area contributed by atoms with Gasteiger partial charge in [0.15, 0.2) is 0 Å².